The molecule has 0 saturated carbocycles. The Kier molecular flexibility index (Phi) is 4.86. The number of rotatable bonds is 5. The third-order valence-electron chi connectivity index (χ3n) is 3.49. The van der Waals surface area contributed by atoms with Gasteiger partial charge in [0.1, 0.15) is 0 Å². The molecule has 0 aliphatic carbocycles. The lowest BCUT2D eigenvalue weighted by Gasteiger charge is -2.12. The monoisotopic (exact) mass is 410 g/mol. The Hall–Kier alpha value is -1.94. The number of thioether (sulfide) groups is 1. The number of H-pyrrole nitrogens is 1. The summed E-state index contributed by atoms with van der Waals surface area (Å²) in [6.07, 6.45) is 3.42. The van der Waals surface area contributed by atoms with Gasteiger partial charge in [-0.2, -0.15) is 0 Å². The minimum atomic E-state index is -0.477. The third kappa shape index (κ3) is 3.29. The van der Waals surface area contributed by atoms with E-state index in [0.717, 1.165) is 10.9 Å². The number of fused-ring (bicyclic) bond motifs is 1. The van der Waals surface area contributed by atoms with Crippen LogP contribution >= 0.6 is 27.7 Å². The second-order valence-corrected chi connectivity index (χ2v) is 7.13. The van der Waals surface area contributed by atoms with Gasteiger partial charge in [-0.1, -0.05) is 18.7 Å². The molecule has 0 amide bonds. The predicted molar refractivity (Wildman–Crippen MR) is 95.2 cm³/mol. The molecule has 0 fully saturated rings. The van der Waals surface area contributed by atoms with Gasteiger partial charge in [0.15, 0.2) is 21.1 Å². The Morgan fingerprint density at radius 3 is 2.75 bits per heavy atom. The lowest BCUT2D eigenvalue weighted by Crippen LogP contribution is -2.29. The average molecular weight is 411 g/mol. The topological polar surface area (TPSA) is 98.5 Å². The Bertz CT molecular complexity index is 981. The van der Waals surface area contributed by atoms with Gasteiger partial charge < -0.3 is 4.57 Å². The van der Waals surface area contributed by atoms with Crippen LogP contribution in [0.15, 0.2) is 37.9 Å². The first kappa shape index (κ1) is 16.9. The molecule has 1 N–H and O–H groups in total. The lowest BCUT2D eigenvalue weighted by molar-refractivity contribution is 0.532. The molecule has 0 aliphatic heterocycles. The number of hydrogen-bond donors (Lipinski definition) is 1. The van der Waals surface area contributed by atoms with Crippen molar-refractivity contribution in [1.82, 2.24) is 29.1 Å². The smallest absolute Gasteiger partial charge is 0.312 e. The molecule has 0 aromatic carbocycles. The van der Waals surface area contributed by atoms with Gasteiger partial charge in [0.25, 0.3) is 5.56 Å². The summed E-state index contributed by atoms with van der Waals surface area (Å²) < 4.78 is 3.64. The number of halogens is 1. The number of aryl methyl sites for hydroxylation is 1. The van der Waals surface area contributed by atoms with Crippen LogP contribution in [0.1, 0.15) is 6.92 Å². The van der Waals surface area contributed by atoms with Crippen LogP contribution in [0.4, 0.5) is 0 Å². The largest absolute Gasteiger partial charge is 0.329 e. The summed E-state index contributed by atoms with van der Waals surface area (Å²) in [5, 5.41) is 0.721. The fourth-order valence-electron chi connectivity index (χ4n) is 2.32. The first-order valence-electron chi connectivity index (χ1n) is 7.22. The van der Waals surface area contributed by atoms with Crippen molar-refractivity contribution < 1.29 is 0 Å². The highest BCUT2D eigenvalue weighted by Crippen LogP contribution is 2.21. The summed E-state index contributed by atoms with van der Waals surface area (Å²) in [6, 6.07) is 1.78. The highest BCUT2D eigenvalue weighted by atomic mass is 79.9. The Morgan fingerprint density at radius 2 is 2.04 bits per heavy atom. The van der Waals surface area contributed by atoms with E-state index in [9.17, 15) is 9.59 Å². The van der Waals surface area contributed by atoms with Crippen LogP contribution < -0.4 is 11.2 Å². The van der Waals surface area contributed by atoms with E-state index in [2.05, 4.69) is 42.8 Å². The quantitative estimate of drug-likeness (QED) is 0.387. The average Bonchev–Trinajstić information content (AvgIpc) is 2.89. The van der Waals surface area contributed by atoms with E-state index in [0.29, 0.717) is 22.4 Å². The molecule has 0 saturated heterocycles. The maximum Gasteiger partial charge on any atom is 0.329 e. The van der Waals surface area contributed by atoms with Gasteiger partial charge >= 0.3 is 5.69 Å². The molecule has 0 radical (unpaired) electrons. The maximum atomic E-state index is 12.2. The number of nitrogens with zero attached hydrogens (tertiary/aromatic N) is 5. The highest BCUT2D eigenvalue weighted by Gasteiger charge is 2.17. The molecule has 3 aromatic rings. The van der Waals surface area contributed by atoms with Gasteiger partial charge in [0.05, 0.1) is 0 Å². The summed E-state index contributed by atoms with van der Waals surface area (Å²) in [7, 11) is 1.58. The number of imidazole rings is 1. The zero-order valence-corrected chi connectivity index (χ0v) is 15.5. The number of aromatic amines is 1. The van der Waals surface area contributed by atoms with Crippen molar-refractivity contribution in [2.75, 3.05) is 5.75 Å². The van der Waals surface area contributed by atoms with Gasteiger partial charge in [-0.25, -0.2) is 19.7 Å². The van der Waals surface area contributed by atoms with Crippen LogP contribution in [0.25, 0.3) is 11.2 Å². The minimum absolute atomic E-state index is 0.240. The molecule has 126 valence electrons. The van der Waals surface area contributed by atoms with E-state index < -0.39 is 11.2 Å². The van der Waals surface area contributed by atoms with Gasteiger partial charge in [-0.05, 0) is 27.9 Å². The highest BCUT2D eigenvalue weighted by molar-refractivity contribution is 9.10. The fraction of sp³-hybridized carbons (Fsp3) is 0.357. The van der Waals surface area contributed by atoms with Gasteiger partial charge in [-0.15, -0.1) is 0 Å². The normalized spacial score (nSPS) is 12.6. The molecular weight excluding hydrogens is 396 g/mol. The molecule has 0 spiro atoms. The van der Waals surface area contributed by atoms with Gasteiger partial charge in [0, 0.05) is 31.7 Å². The third-order valence-corrected chi connectivity index (χ3v) is 5.30. The van der Waals surface area contributed by atoms with Crippen LogP contribution in [0.3, 0.4) is 0 Å². The molecule has 24 heavy (non-hydrogen) atoms. The van der Waals surface area contributed by atoms with Crippen LogP contribution in [0.5, 0.6) is 0 Å². The van der Waals surface area contributed by atoms with E-state index in [-0.39, 0.29) is 5.92 Å². The molecule has 8 nitrogen and oxygen atoms in total. The Balaban J connectivity index is 1.85. The second-order valence-electron chi connectivity index (χ2n) is 5.43. The number of nitrogens with one attached hydrogen (secondary N) is 1. The van der Waals surface area contributed by atoms with Crippen LogP contribution in [0, 0.1) is 5.92 Å². The van der Waals surface area contributed by atoms with Crippen molar-refractivity contribution in [1.29, 1.82) is 0 Å². The van der Waals surface area contributed by atoms with Crippen LogP contribution in [-0.4, -0.2) is 34.8 Å². The molecular formula is C14H15BrN6O2S. The lowest BCUT2D eigenvalue weighted by atomic mass is 10.2. The van der Waals surface area contributed by atoms with Crippen molar-refractivity contribution >= 4 is 38.9 Å². The zero-order valence-electron chi connectivity index (χ0n) is 13.1. The van der Waals surface area contributed by atoms with Gasteiger partial charge in [-0.3, -0.25) is 14.3 Å². The zero-order chi connectivity index (χ0) is 17.3. The predicted octanol–water partition coefficient (Wildman–Crippen LogP) is 1.40. The van der Waals surface area contributed by atoms with Crippen LogP contribution in [0.2, 0.25) is 0 Å². The standard InChI is InChI=1S/C14H15BrN6O2S/c1-8(7-24-13-16-4-3-5-17-13)6-21-9-10(18-12(21)15)20(2)14(23)19-11(9)22/h3-5,8H,6-7H2,1-2H3,(H,19,22,23)/t8-/m1/s1. The summed E-state index contributed by atoms with van der Waals surface area (Å²) >= 11 is 4.94. The van der Waals surface area contributed by atoms with Crippen molar-refractivity contribution in [2.24, 2.45) is 13.0 Å². The second kappa shape index (κ2) is 6.89. The van der Waals surface area contributed by atoms with E-state index in [4.69, 9.17) is 0 Å². The van der Waals surface area contributed by atoms with Crippen molar-refractivity contribution in [3.05, 3.63) is 44.0 Å². The summed E-state index contributed by atoms with van der Waals surface area (Å²) in [6.45, 7) is 2.66. The fourth-order valence-corrected chi connectivity index (χ4v) is 3.62. The molecule has 10 heteroatoms. The Labute approximate surface area is 149 Å². The SMILES string of the molecule is C[C@@H](CSc1ncccn1)Cn1c(Br)nc2c1c(=O)[nH]c(=O)n2C. The van der Waals surface area contributed by atoms with Crippen LogP contribution in [-0.2, 0) is 13.6 Å². The maximum absolute atomic E-state index is 12.2. The summed E-state index contributed by atoms with van der Waals surface area (Å²) in [5.74, 6) is 1.03. The molecule has 0 unspecified atom stereocenters. The Morgan fingerprint density at radius 1 is 1.33 bits per heavy atom. The molecule has 3 heterocycles. The van der Waals surface area contributed by atoms with Crippen molar-refractivity contribution in [2.45, 2.75) is 18.6 Å². The molecule has 1 atom stereocenters. The van der Waals surface area contributed by atoms with Gasteiger partial charge in [0.2, 0.25) is 0 Å². The van der Waals surface area contributed by atoms with E-state index in [1.807, 2.05) is 0 Å². The van der Waals surface area contributed by atoms with E-state index >= 15 is 0 Å². The summed E-state index contributed by atoms with van der Waals surface area (Å²) in [4.78, 5) is 38.8. The van der Waals surface area contributed by atoms with Crippen molar-refractivity contribution in [3.8, 4) is 0 Å². The van der Waals surface area contributed by atoms with Crippen molar-refractivity contribution in [3.63, 3.8) is 0 Å². The van der Waals surface area contributed by atoms with E-state index in [1.165, 1.54) is 4.57 Å². The number of hydrogen-bond acceptors (Lipinski definition) is 6. The molecule has 0 bridgehead atoms. The van der Waals surface area contributed by atoms with E-state index in [1.54, 1.807) is 41.8 Å². The minimum Gasteiger partial charge on any atom is -0.312 e. The summed E-state index contributed by atoms with van der Waals surface area (Å²) in [5.41, 5.74) is -0.161. The number of aromatic nitrogens is 6. The first-order valence-corrected chi connectivity index (χ1v) is 9.00. The first-order chi connectivity index (χ1) is 11.5. The molecule has 3 rings (SSSR count). The molecule has 0 aliphatic rings. The molecule has 3 aromatic heterocycles.